The number of hydrogen-bond acceptors (Lipinski definition) is 1. The second-order valence-electron chi connectivity index (χ2n) is 12.6. The molecule has 0 rings (SSSR count). The molecule has 0 amide bonds. The average Bonchev–Trinajstić information content (AvgIpc) is 2.28. The van der Waals surface area contributed by atoms with Gasteiger partial charge < -0.3 is 5.73 Å². The van der Waals surface area contributed by atoms with Crippen LogP contribution in [0, 0.1) is 0 Å². The first-order valence-electron chi connectivity index (χ1n) is 10.6. The van der Waals surface area contributed by atoms with Crippen LogP contribution in [0.3, 0.4) is 0 Å². The van der Waals surface area contributed by atoms with Crippen LogP contribution >= 0.6 is 15.8 Å². The molecule has 0 saturated heterocycles. The van der Waals surface area contributed by atoms with E-state index < -0.39 is 0 Å². The lowest BCUT2D eigenvalue weighted by atomic mass is 9.93. The summed E-state index contributed by atoms with van der Waals surface area (Å²) in [7, 11) is -0.205. The molecule has 162 valence electrons. The fourth-order valence-electron chi connectivity index (χ4n) is 4.35. The van der Waals surface area contributed by atoms with Crippen molar-refractivity contribution in [2.75, 3.05) is 12.3 Å². The van der Waals surface area contributed by atoms with Gasteiger partial charge in [0.05, 0.1) is 0 Å². The van der Waals surface area contributed by atoms with Crippen LogP contribution in [0.2, 0.25) is 0 Å². The Labute approximate surface area is 175 Å². The molecule has 3 heteroatoms. The van der Waals surface area contributed by atoms with Crippen molar-refractivity contribution < 1.29 is 0 Å². The molecule has 0 fully saturated rings. The summed E-state index contributed by atoms with van der Waals surface area (Å²) in [5.41, 5.74) is 7.87. The number of rotatable bonds is 6. The zero-order valence-corrected chi connectivity index (χ0v) is 23.0. The Balaban J connectivity index is 5.62. The Kier molecular flexibility index (Phi) is 9.33. The molecule has 0 atom stereocenters. The maximum atomic E-state index is 6.63. The molecule has 27 heavy (non-hydrogen) atoms. The van der Waals surface area contributed by atoms with Crippen molar-refractivity contribution >= 4 is 15.8 Å². The van der Waals surface area contributed by atoms with E-state index in [9.17, 15) is 0 Å². The summed E-state index contributed by atoms with van der Waals surface area (Å²) in [6.07, 6.45) is 6.13. The number of allylic oxidation sites excluding steroid dienone is 1. The summed E-state index contributed by atoms with van der Waals surface area (Å²) in [5, 5.41) is 1.47. The van der Waals surface area contributed by atoms with Crippen molar-refractivity contribution in [2.45, 2.75) is 130 Å². The van der Waals surface area contributed by atoms with Crippen molar-refractivity contribution in [2.24, 2.45) is 5.73 Å². The molecule has 0 aliphatic rings. The highest BCUT2D eigenvalue weighted by Crippen LogP contribution is 2.61. The minimum atomic E-state index is -0.229. The van der Waals surface area contributed by atoms with Crippen LogP contribution in [-0.4, -0.2) is 38.5 Å². The molecule has 0 aromatic carbocycles. The molecule has 0 saturated carbocycles. The van der Waals surface area contributed by atoms with Gasteiger partial charge >= 0.3 is 0 Å². The predicted molar refractivity (Wildman–Crippen MR) is 134 cm³/mol. The van der Waals surface area contributed by atoms with E-state index in [1.807, 2.05) is 0 Å². The quantitative estimate of drug-likeness (QED) is 0.343. The fraction of sp³-hybridized carbons (Fsp3) is 0.917. The summed E-state index contributed by atoms with van der Waals surface area (Å²) in [6, 6.07) is 0. The van der Waals surface area contributed by atoms with Gasteiger partial charge in [-0.15, -0.1) is 0 Å². The lowest BCUT2D eigenvalue weighted by Gasteiger charge is -2.43. The lowest BCUT2D eigenvalue weighted by Crippen LogP contribution is -2.36. The molecular weight excluding hydrogens is 364 g/mol. The van der Waals surface area contributed by atoms with Gasteiger partial charge in [-0.05, 0) is 53.2 Å². The van der Waals surface area contributed by atoms with Crippen molar-refractivity contribution in [3.63, 3.8) is 0 Å². The topological polar surface area (TPSA) is 26.0 Å². The van der Waals surface area contributed by atoms with Crippen LogP contribution in [-0.2, 0) is 0 Å². The first-order chi connectivity index (χ1) is 11.6. The molecule has 0 spiro atoms. The van der Waals surface area contributed by atoms with Crippen LogP contribution in [0.5, 0.6) is 0 Å². The zero-order valence-electron chi connectivity index (χ0n) is 21.2. The number of hydrogen-bond donors (Lipinski definition) is 1. The van der Waals surface area contributed by atoms with Crippen LogP contribution in [0.1, 0.15) is 103 Å². The van der Waals surface area contributed by atoms with Gasteiger partial charge in [0.15, 0.2) is 0 Å². The monoisotopic (exact) mass is 415 g/mol. The Morgan fingerprint density at radius 3 is 1.22 bits per heavy atom. The molecule has 0 radical (unpaired) electrons. The van der Waals surface area contributed by atoms with Crippen LogP contribution in [0.15, 0.2) is 11.6 Å². The largest absolute Gasteiger partial charge is 0.322 e. The second kappa shape index (κ2) is 9.14. The van der Waals surface area contributed by atoms with Crippen LogP contribution in [0.25, 0.3) is 0 Å². The fourth-order valence-corrected chi connectivity index (χ4v) is 11.7. The normalized spacial score (nSPS) is 15.8. The summed E-state index contributed by atoms with van der Waals surface area (Å²) in [6.45, 7) is 33.3. The first kappa shape index (κ1) is 27.6. The summed E-state index contributed by atoms with van der Waals surface area (Å²) in [4.78, 5) is 0. The van der Waals surface area contributed by atoms with Crippen LogP contribution in [0.4, 0.5) is 0 Å². The van der Waals surface area contributed by atoms with Gasteiger partial charge in [0.1, 0.15) is 0 Å². The molecule has 0 unspecified atom stereocenters. The Morgan fingerprint density at radius 1 is 0.630 bits per heavy atom. The zero-order chi connectivity index (χ0) is 22.1. The van der Waals surface area contributed by atoms with E-state index in [1.54, 1.807) is 0 Å². The highest BCUT2D eigenvalue weighted by atomic mass is 31.1. The molecule has 2 N–H and O–H groups in total. The van der Waals surface area contributed by atoms with Gasteiger partial charge in [-0.3, -0.25) is 0 Å². The summed E-state index contributed by atoms with van der Waals surface area (Å²) in [5.74, 6) is 0. The smallest absolute Gasteiger partial charge is 0.0311 e. The van der Waals surface area contributed by atoms with E-state index in [1.165, 1.54) is 17.9 Å². The van der Waals surface area contributed by atoms with Crippen molar-refractivity contribution in [1.29, 1.82) is 0 Å². The van der Waals surface area contributed by atoms with E-state index in [2.05, 4.69) is 103 Å². The third-order valence-electron chi connectivity index (χ3n) is 5.19. The number of nitrogens with two attached hydrogens (primary N) is 1. The Morgan fingerprint density at radius 2 is 0.963 bits per heavy atom. The second-order valence-corrected chi connectivity index (χ2v) is 20.5. The van der Waals surface area contributed by atoms with Gasteiger partial charge in [-0.2, -0.15) is 0 Å². The van der Waals surface area contributed by atoms with Gasteiger partial charge in [-0.25, -0.2) is 0 Å². The summed E-state index contributed by atoms with van der Waals surface area (Å²) < 4.78 is 0. The molecule has 0 aromatic heterocycles. The summed E-state index contributed by atoms with van der Waals surface area (Å²) >= 11 is 0. The SMILES string of the molecule is CC(C)(N)C(=CCP(C(C)(C)C)C(C)(C)C)CCP(C(C)(C)C)C(C)(C)C. The van der Waals surface area contributed by atoms with Gasteiger partial charge in [-0.1, -0.05) is 111 Å². The molecule has 0 aromatic rings. The average molecular weight is 416 g/mol. The molecule has 0 bridgehead atoms. The predicted octanol–water partition coefficient (Wildman–Crippen LogP) is 8.20. The highest BCUT2D eigenvalue weighted by molar-refractivity contribution is 7.61. The highest BCUT2D eigenvalue weighted by Gasteiger charge is 2.36. The van der Waals surface area contributed by atoms with E-state index in [0.29, 0.717) is 20.6 Å². The van der Waals surface area contributed by atoms with E-state index in [-0.39, 0.29) is 21.4 Å². The van der Waals surface area contributed by atoms with Crippen molar-refractivity contribution in [3.8, 4) is 0 Å². The standard InChI is InChI=1S/C24H51NP2/c1-20(2,3)26(21(4,5)6)17-15-19(24(13,14)25)16-18-27(22(7,8)9)23(10,11)12/h15H,16-18,25H2,1-14H3. The Hall–Kier alpha value is 0.560. The minimum absolute atomic E-state index is 0.0847. The van der Waals surface area contributed by atoms with Gasteiger partial charge in [0.2, 0.25) is 0 Å². The van der Waals surface area contributed by atoms with Crippen molar-refractivity contribution in [1.82, 2.24) is 0 Å². The van der Waals surface area contributed by atoms with Gasteiger partial charge in [0.25, 0.3) is 0 Å². The maximum absolute atomic E-state index is 6.63. The molecular formula is C24H51NP2. The lowest BCUT2D eigenvalue weighted by molar-refractivity contribution is 0.588. The van der Waals surface area contributed by atoms with E-state index in [0.717, 1.165) is 6.42 Å². The molecule has 0 aliphatic carbocycles. The van der Waals surface area contributed by atoms with E-state index >= 15 is 0 Å². The molecule has 0 heterocycles. The van der Waals surface area contributed by atoms with Crippen molar-refractivity contribution in [3.05, 3.63) is 11.6 Å². The maximum Gasteiger partial charge on any atom is 0.0311 e. The Bertz CT molecular complexity index is 457. The third kappa shape index (κ3) is 9.74. The minimum Gasteiger partial charge on any atom is -0.322 e. The molecule has 0 aliphatic heterocycles. The third-order valence-corrected chi connectivity index (χ3v) is 12.9. The first-order valence-corrected chi connectivity index (χ1v) is 13.7. The molecule has 1 nitrogen and oxygen atoms in total. The van der Waals surface area contributed by atoms with E-state index in [4.69, 9.17) is 5.73 Å². The van der Waals surface area contributed by atoms with Gasteiger partial charge in [0, 0.05) is 5.54 Å². The van der Waals surface area contributed by atoms with Crippen LogP contribution < -0.4 is 5.73 Å².